The number of pyridine rings is 1. The van der Waals surface area contributed by atoms with Gasteiger partial charge in [-0.3, -0.25) is 9.20 Å². The van der Waals surface area contributed by atoms with Crippen LogP contribution < -0.4 is 10.9 Å². The van der Waals surface area contributed by atoms with E-state index in [-0.39, 0.29) is 17.9 Å². The van der Waals surface area contributed by atoms with Crippen molar-refractivity contribution in [1.82, 2.24) is 14.4 Å². The minimum absolute atomic E-state index is 0.104. The number of thiazole rings is 1. The van der Waals surface area contributed by atoms with Gasteiger partial charge in [0.05, 0.1) is 5.69 Å². The molecule has 0 atom stereocenters. The van der Waals surface area contributed by atoms with Crippen LogP contribution in [-0.2, 0) is 11.3 Å². The molecule has 0 aliphatic rings. The fourth-order valence-corrected chi connectivity index (χ4v) is 3.05. The van der Waals surface area contributed by atoms with E-state index >= 15 is 0 Å². The van der Waals surface area contributed by atoms with Gasteiger partial charge in [0, 0.05) is 28.7 Å². The van der Waals surface area contributed by atoms with Crippen molar-refractivity contribution in [2.24, 2.45) is 0 Å². The number of hydrogen-bond donors (Lipinski definition) is 1. The lowest BCUT2D eigenvalue weighted by molar-refractivity contribution is 0.0462. The quantitative estimate of drug-likeness (QED) is 0.487. The maximum absolute atomic E-state index is 12.1. The zero-order chi connectivity index (χ0) is 17.8. The fourth-order valence-electron chi connectivity index (χ4n) is 2.02. The van der Waals surface area contributed by atoms with E-state index in [1.165, 1.54) is 21.8 Å². The number of rotatable bonds is 6. The maximum atomic E-state index is 12.1. The Morgan fingerprint density at radius 3 is 3.08 bits per heavy atom. The number of carbonyl (C=O) groups excluding carboxylic acids is 1. The topological polar surface area (TPSA) is 85.6 Å². The third-order valence-electron chi connectivity index (χ3n) is 3.14. The highest BCUT2D eigenvalue weighted by Crippen LogP contribution is 2.16. The minimum atomic E-state index is -0.569. The summed E-state index contributed by atoms with van der Waals surface area (Å²) in [6.45, 7) is 4.06. The maximum Gasteiger partial charge on any atom is 0.358 e. The number of aromatic nitrogens is 3. The molecule has 128 valence electrons. The number of anilines is 1. The largest absolute Gasteiger partial charge is 0.454 e. The summed E-state index contributed by atoms with van der Waals surface area (Å²) in [7, 11) is 0. The van der Waals surface area contributed by atoms with Gasteiger partial charge in [-0.15, -0.1) is 17.9 Å². The number of fused-ring (bicyclic) bond motifs is 1. The number of esters is 1. The molecule has 0 aliphatic carbocycles. The Hall–Kier alpha value is -2.52. The molecule has 9 heteroatoms. The highest BCUT2D eigenvalue weighted by atomic mass is 79.9. The fraction of sp³-hybridized carbons (Fsp3) is 0.125. The molecule has 0 amide bonds. The number of ether oxygens (including phenoxy) is 1. The number of nitrogens with one attached hydrogen (secondary N) is 1. The monoisotopic (exact) mass is 420 g/mol. The van der Waals surface area contributed by atoms with E-state index in [9.17, 15) is 9.59 Å². The summed E-state index contributed by atoms with van der Waals surface area (Å²) in [5.41, 5.74) is 0.812. The van der Waals surface area contributed by atoms with E-state index in [0.717, 1.165) is 4.47 Å². The highest BCUT2D eigenvalue weighted by molar-refractivity contribution is 9.10. The van der Waals surface area contributed by atoms with Crippen molar-refractivity contribution >= 4 is 44.0 Å². The second kappa shape index (κ2) is 7.58. The third kappa shape index (κ3) is 4.12. The Morgan fingerprint density at radius 1 is 1.44 bits per heavy atom. The minimum Gasteiger partial charge on any atom is -0.454 e. The van der Waals surface area contributed by atoms with Crippen molar-refractivity contribution < 1.29 is 9.53 Å². The summed E-state index contributed by atoms with van der Waals surface area (Å²) >= 11 is 4.61. The zero-order valence-electron chi connectivity index (χ0n) is 12.9. The lowest BCUT2D eigenvalue weighted by atomic mass is 10.4. The van der Waals surface area contributed by atoms with Crippen molar-refractivity contribution in [3.05, 3.63) is 68.6 Å². The molecular weight excluding hydrogens is 408 g/mol. The van der Waals surface area contributed by atoms with Gasteiger partial charge in [0.15, 0.2) is 10.8 Å². The van der Waals surface area contributed by atoms with Crippen LogP contribution in [0.1, 0.15) is 16.2 Å². The van der Waals surface area contributed by atoms with Crippen molar-refractivity contribution in [1.29, 1.82) is 0 Å². The standard InChI is InChI=1S/C16H13BrN4O3S/c1-2-5-18-16-20-12(9-25-16)15(23)24-8-11-6-14(22)21-7-10(17)3-4-13(21)19-11/h2-4,6-7,9H,1,5,8H2,(H,18,20). The lowest BCUT2D eigenvalue weighted by Crippen LogP contribution is -2.16. The van der Waals surface area contributed by atoms with Gasteiger partial charge in [-0.05, 0) is 28.1 Å². The molecule has 0 radical (unpaired) electrons. The SMILES string of the molecule is C=CCNc1nc(C(=O)OCc2cc(=O)n3cc(Br)ccc3n2)cs1. The summed E-state index contributed by atoms with van der Waals surface area (Å²) in [6.07, 6.45) is 3.33. The van der Waals surface area contributed by atoms with E-state index in [4.69, 9.17) is 4.74 Å². The molecule has 0 fully saturated rings. The smallest absolute Gasteiger partial charge is 0.358 e. The van der Waals surface area contributed by atoms with Crippen molar-refractivity contribution in [3.63, 3.8) is 0 Å². The lowest BCUT2D eigenvalue weighted by Gasteiger charge is -2.05. The summed E-state index contributed by atoms with van der Waals surface area (Å²) in [6, 6.07) is 4.82. The van der Waals surface area contributed by atoms with Gasteiger partial charge in [0.1, 0.15) is 12.3 Å². The Morgan fingerprint density at radius 2 is 2.28 bits per heavy atom. The van der Waals surface area contributed by atoms with Gasteiger partial charge >= 0.3 is 5.97 Å². The average molecular weight is 421 g/mol. The molecule has 0 bridgehead atoms. The molecule has 0 aliphatic heterocycles. The second-order valence-corrected chi connectivity index (χ2v) is 6.72. The van der Waals surface area contributed by atoms with Crippen LogP contribution in [0.3, 0.4) is 0 Å². The molecule has 0 saturated carbocycles. The van der Waals surface area contributed by atoms with E-state index < -0.39 is 5.97 Å². The molecule has 3 heterocycles. The first-order valence-corrected chi connectivity index (χ1v) is 8.89. The van der Waals surface area contributed by atoms with Crippen LogP contribution in [0.25, 0.3) is 5.65 Å². The van der Waals surface area contributed by atoms with Gasteiger partial charge in [0.2, 0.25) is 0 Å². The molecule has 7 nitrogen and oxygen atoms in total. The first kappa shape index (κ1) is 17.3. The number of nitrogens with zero attached hydrogens (tertiary/aromatic N) is 3. The molecule has 3 aromatic rings. The molecule has 0 spiro atoms. The Labute approximate surface area is 155 Å². The molecular formula is C16H13BrN4O3S. The van der Waals surface area contributed by atoms with E-state index in [2.05, 4.69) is 37.8 Å². The van der Waals surface area contributed by atoms with Gasteiger partial charge in [0.25, 0.3) is 5.56 Å². The number of carbonyl (C=O) groups is 1. The van der Waals surface area contributed by atoms with Crippen LogP contribution in [-0.4, -0.2) is 26.9 Å². The first-order valence-electron chi connectivity index (χ1n) is 7.22. The van der Waals surface area contributed by atoms with Gasteiger partial charge in [-0.2, -0.15) is 0 Å². The normalized spacial score (nSPS) is 10.6. The predicted octanol–water partition coefficient (Wildman–Crippen LogP) is 2.87. The summed E-state index contributed by atoms with van der Waals surface area (Å²) in [4.78, 5) is 32.6. The van der Waals surface area contributed by atoms with Crippen LogP contribution in [0.15, 0.2) is 51.7 Å². The van der Waals surface area contributed by atoms with Crippen LogP contribution >= 0.6 is 27.3 Å². The average Bonchev–Trinajstić information content (AvgIpc) is 3.07. The zero-order valence-corrected chi connectivity index (χ0v) is 15.3. The van der Waals surface area contributed by atoms with Crippen LogP contribution in [0.5, 0.6) is 0 Å². The third-order valence-corrected chi connectivity index (χ3v) is 4.41. The predicted molar refractivity (Wildman–Crippen MR) is 99.1 cm³/mol. The number of halogens is 1. The molecule has 0 aromatic carbocycles. The van der Waals surface area contributed by atoms with Gasteiger partial charge < -0.3 is 10.1 Å². The summed E-state index contributed by atoms with van der Waals surface area (Å²) < 4.78 is 7.38. The van der Waals surface area contributed by atoms with E-state index in [0.29, 0.717) is 23.0 Å². The Bertz CT molecular complexity index is 998. The van der Waals surface area contributed by atoms with Crippen LogP contribution in [0, 0.1) is 0 Å². The first-order chi connectivity index (χ1) is 12.1. The van der Waals surface area contributed by atoms with E-state index in [1.807, 2.05) is 0 Å². The van der Waals surface area contributed by atoms with Crippen molar-refractivity contribution in [3.8, 4) is 0 Å². The Kier molecular flexibility index (Phi) is 5.25. The second-order valence-electron chi connectivity index (χ2n) is 4.94. The molecule has 0 unspecified atom stereocenters. The van der Waals surface area contributed by atoms with Gasteiger partial charge in [-0.25, -0.2) is 14.8 Å². The van der Waals surface area contributed by atoms with Gasteiger partial charge in [-0.1, -0.05) is 6.08 Å². The highest BCUT2D eigenvalue weighted by Gasteiger charge is 2.13. The molecule has 3 rings (SSSR count). The molecule has 3 aromatic heterocycles. The Balaban J connectivity index is 1.70. The summed E-state index contributed by atoms with van der Waals surface area (Å²) in [5, 5.41) is 5.21. The van der Waals surface area contributed by atoms with E-state index in [1.54, 1.807) is 29.8 Å². The molecule has 0 saturated heterocycles. The van der Waals surface area contributed by atoms with Crippen molar-refractivity contribution in [2.75, 3.05) is 11.9 Å². The molecule has 25 heavy (non-hydrogen) atoms. The van der Waals surface area contributed by atoms with Crippen molar-refractivity contribution in [2.45, 2.75) is 6.61 Å². The van der Waals surface area contributed by atoms with Crippen LogP contribution in [0.2, 0.25) is 0 Å². The number of hydrogen-bond acceptors (Lipinski definition) is 7. The van der Waals surface area contributed by atoms with Crippen LogP contribution in [0.4, 0.5) is 5.13 Å². The summed E-state index contributed by atoms with van der Waals surface area (Å²) in [5.74, 6) is -0.569. The molecule has 1 N–H and O–H groups in total.